The Labute approximate surface area is 146 Å². The number of amides is 1. The first-order valence-electron chi connectivity index (χ1n) is 8.03. The van der Waals surface area contributed by atoms with Gasteiger partial charge in [0.05, 0.1) is 23.7 Å². The molecule has 7 nitrogen and oxygen atoms in total. The minimum Gasteiger partial charge on any atom is -0.481 e. The molecule has 0 saturated carbocycles. The third kappa shape index (κ3) is 4.88. The number of aromatic nitrogens is 2. The van der Waals surface area contributed by atoms with E-state index in [0.29, 0.717) is 19.0 Å². The molecule has 1 aromatic rings. The van der Waals surface area contributed by atoms with E-state index >= 15 is 0 Å². The predicted molar refractivity (Wildman–Crippen MR) is 88.3 cm³/mol. The number of halogens is 1. The highest BCUT2D eigenvalue weighted by atomic mass is 35.5. The van der Waals surface area contributed by atoms with Gasteiger partial charge in [-0.05, 0) is 12.8 Å². The summed E-state index contributed by atoms with van der Waals surface area (Å²) in [5, 5.41) is 9.09. The number of rotatable bonds is 7. The molecule has 1 fully saturated rings. The fraction of sp³-hybridized carbons (Fsp3) is 0.625. The summed E-state index contributed by atoms with van der Waals surface area (Å²) in [6, 6.07) is 0. The zero-order chi connectivity index (χ0) is 17.7. The third-order valence-electron chi connectivity index (χ3n) is 3.81. The molecule has 2 rings (SSSR count). The zero-order valence-corrected chi connectivity index (χ0v) is 14.6. The fourth-order valence-corrected chi connectivity index (χ4v) is 2.67. The molecule has 24 heavy (non-hydrogen) atoms. The molecule has 0 aliphatic carbocycles. The second-order valence-electron chi connectivity index (χ2n) is 6.11. The summed E-state index contributed by atoms with van der Waals surface area (Å²) >= 11 is 6.10. The fourth-order valence-electron chi connectivity index (χ4n) is 2.50. The number of carbonyl (C=O) groups is 2. The minimum absolute atomic E-state index is 0.0550. The van der Waals surface area contributed by atoms with Gasteiger partial charge < -0.3 is 14.7 Å². The Balaban J connectivity index is 2.21. The molecule has 2 heterocycles. The lowest BCUT2D eigenvalue weighted by atomic mass is 10.2. The van der Waals surface area contributed by atoms with Crippen molar-refractivity contribution in [2.75, 3.05) is 19.7 Å². The average molecular weight is 356 g/mol. The molecule has 0 aromatic carbocycles. The van der Waals surface area contributed by atoms with Crippen molar-refractivity contribution in [3.63, 3.8) is 0 Å². The van der Waals surface area contributed by atoms with Crippen LogP contribution < -0.4 is 0 Å². The monoisotopic (exact) mass is 355 g/mol. The molecular formula is C16H22ClN3O4. The van der Waals surface area contributed by atoms with Crippen LogP contribution in [-0.4, -0.2) is 57.7 Å². The summed E-state index contributed by atoms with van der Waals surface area (Å²) in [6.45, 7) is 4.93. The van der Waals surface area contributed by atoms with E-state index in [1.807, 2.05) is 13.8 Å². The van der Waals surface area contributed by atoms with E-state index in [9.17, 15) is 9.59 Å². The van der Waals surface area contributed by atoms with Crippen molar-refractivity contribution < 1.29 is 19.4 Å². The summed E-state index contributed by atoms with van der Waals surface area (Å²) in [4.78, 5) is 33.6. The molecule has 1 aliphatic rings. The Morgan fingerprint density at radius 2 is 2.25 bits per heavy atom. The van der Waals surface area contributed by atoms with Crippen molar-refractivity contribution in [1.29, 1.82) is 0 Å². The van der Waals surface area contributed by atoms with Crippen molar-refractivity contribution >= 4 is 23.5 Å². The van der Waals surface area contributed by atoms with Crippen LogP contribution in [0.1, 0.15) is 55.3 Å². The molecule has 1 amide bonds. The molecule has 1 N–H and O–H groups in total. The highest BCUT2D eigenvalue weighted by Gasteiger charge is 2.26. The second-order valence-corrected chi connectivity index (χ2v) is 6.52. The van der Waals surface area contributed by atoms with Crippen LogP contribution in [0.2, 0.25) is 5.02 Å². The smallest absolute Gasteiger partial charge is 0.305 e. The SMILES string of the molecule is CC(C)c1ncc(Cl)c(C(=O)N(CCC(=O)O)C[C@H]2CCCO2)n1. The third-order valence-corrected chi connectivity index (χ3v) is 4.09. The maximum atomic E-state index is 12.8. The number of hydrogen-bond acceptors (Lipinski definition) is 5. The molecule has 0 unspecified atom stereocenters. The average Bonchev–Trinajstić information content (AvgIpc) is 3.03. The van der Waals surface area contributed by atoms with Crippen LogP contribution in [0.4, 0.5) is 0 Å². The molecule has 1 aliphatic heterocycles. The Morgan fingerprint density at radius 3 is 2.83 bits per heavy atom. The maximum Gasteiger partial charge on any atom is 0.305 e. The van der Waals surface area contributed by atoms with Crippen molar-refractivity contribution in [2.24, 2.45) is 0 Å². The van der Waals surface area contributed by atoms with Gasteiger partial charge in [0.2, 0.25) is 0 Å². The van der Waals surface area contributed by atoms with Crippen molar-refractivity contribution in [3.8, 4) is 0 Å². The maximum absolute atomic E-state index is 12.8. The lowest BCUT2D eigenvalue weighted by Gasteiger charge is -2.25. The zero-order valence-electron chi connectivity index (χ0n) is 13.9. The number of hydrogen-bond donors (Lipinski definition) is 1. The van der Waals surface area contributed by atoms with Crippen LogP contribution in [0, 0.1) is 0 Å². The van der Waals surface area contributed by atoms with Crippen LogP contribution in [0.25, 0.3) is 0 Å². The van der Waals surface area contributed by atoms with Crippen LogP contribution in [-0.2, 0) is 9.53 Å². The molecule has 0 spiro atoms. The minimum atomic E-state index is -0.961. The molecule has 1 aromatic heterocycles. The largest absolute Gasteiger partial charge is 0.481 e. The first-order chi connectivity index (χ1) is 11.4. The van der Waals surface area contributed by atoms with Crippen LogP contribution in [0.3, 0.4) is 0 Å². The Kier molecular flexibility index (Phi) is 6.51. The van der Waals surface area contributed by atoms with E-state index in [-0.39, 0.29) is 41.6 Å². The molecule has 1 atom stereocenters. The van der Waals surface area contributed by atoms with Gasteiger partial charge >= 0.3 is 5.97 Å². The first-order valence-corrected chi connectivity index (χ1v) is 8.41. The van der Waals surface area contributed by atoms with Gasteiger partial charge in [-0.25, -0.2) is 9.97 Å². The first kappa shape index (κ1) is 18.6. The number of carboxylic acid groups (broad SMARTS) is 1. The number of ether oxygens (including phenoxy) is 1. The molecule has 0 radical (unpaired) electrons. The van der Waals surface area contributed by atoms with Crippen LogP contribution in [0.5, 0.6) is 0 Å². The molecule has 8 heteroatoms. The van der Waals surface area contributed by atoms with Crippen molar-refractivity contribution in [3.05, 3.63) is 22.7 Å². The summed E-state index contributed by atoms with van der Waals surface area (Å²) < 4.78 is 5.56. The predicted octanol–water partition coefficient (Wildman–Crippen LogP) is 2.35. The van der Waals surface area contributed by atoms with Gasteiger partial charge in [-0.15, -0.1) is 0 Å². The van der Waals surface area contributed by atoms with E-state index in [2.05, 4.69) is 9.97 Å². The second kappa shape index (κ2) is 8.39. The van der Waals surface area contributed by atoms with Gasteiger partial charge in [-0.3, -0.25) is 9.59 Å². The standard InChI is InChI=1S/C16H22ClN3O4/c1-10(2)15-18-8-12(17)14(19-15)16(23)20(6-5-13(21)22)9-11-4-3-7-24-11/h8,10-11H,3-7,9H2,1-2H3,(H,21,22)/t11-/m1/s1. The number of aliphatic carboxylic acids is 1. The van der Waals surface area contributed by atoms with Gasteiger partial charge in [-0.1, -0.05) is 25.4 Å². The lowest BCUT2D eigenvalue weighted by Crippen LogP contribution is -2.39. The van der Waals surface area contributed by atoms with Crippen LogP contribution >= 0.6 is 11.6 Å². The Morgan fingerprint density at radius 1 is 1.50 bits per heavy atom. The van der Waals surface area contributed by atoms with E-state index in [0.717, 1.165) is 12.8 Å². The quantitative estimate of drug-likeness (QED) is 0.807. The molecule has 132 valence electrons. The van der Waals surface area contributed by atoms with Crippen molar-refractivity contribution in [1.82, 2.24) is 14.9 Å². The molecule has 1 saturated heterocycles. The highest BCUT2D eigenvalue weighted by Crippen LogP contribution is 2.20. The normalized spacial score (nSPS) is 17.2. The van der Waals surface area contributed by atoms with Crippen LogP contribution in [0.15, 0.2) is 6.20 Å². The lowest BCUT2D eigenvalue weighted by molar-refractivity contribution is -0.137. The summed E-state index contributed by atoms with van der Waals surface area (Å²) in [5.41, 5.74) is 0.110. The molecule has 0 bridgehead atoms. The summed E-state index contributed by atoms with van der Waals surface area (Å²) in [5.74, 6) is -0.768. The van der Waals surface area contributed by atoms with Crippen molar-refractivity contribution in [2.45, 2.75) is 45.1 Å². The molecular weight excluding hydrogens is 334 g/mol. The topological polar surface area (TPSA) is 92.6 Å². The number of carboxylic acids is 1. The number of nitrogens with zero attached hydrogens (tertiary/aromatic N) is 3. The van der Waals surface area contributed by atoms with E-state index < -0.39 is 5.97 Å². The van der Waals surface area contributed by atoms with E-state index in [4.69, 9.17) is 21.4 Å². The number of carbonyl (C=O) groups excluding carboxylic acids is 1. The van der Waals surface area contributed by atoms with E-state index in [1.165, 1.54) is 11.1 Å². The van der Waals surface area contributed by atoms with Gasteiger partial charge in [0.25, 0.3) is 5.91 Å². The highest BCUT2D eigenvalue weighted by molar-refractivity contribution is 6.33. The summed E-state index contributed by atoms with van der Waals surface area (Å²) in [7, 11) is 0. The van der Waals surface area contributed by atoms with Gasteiger partial charge in [0, 0.05) is 25.6 Å². The van der Waals surface area contributed by atoms with E-state index in [1.54, 1.807) is 0 Å². The van der Waals surface area contributed by atoms with Gasteiger partial charge in [-0.2, -0.15) is 0 Å². The Hall–Kier alpha value is -1.73. The Bertz CT molecular complexity index is 603. The van der Waals surface area contributed by atoms with Gasteiger partial charge in [0.1, 0.15) is 5.82 Å². The summed E-state index contributed by atoms with van der Waals surface area (Å²) in [6.07, 6.45) is 2.99. The van der Waals surface area contributed by atoms with Gasteiger partial charge in [0.15, 0.2) is 5.69 Å².